The van der Waals surface area contributed by atoms with Crippen LogP contribution in [0.15, 0.2) is 30.3 Å². The molecule has 0 saturated carbocycles. The highest BCUT2D eigenvalue weighted by atomic mass is 127. The van der Waals surface area contributed by atoms with Crippen LogP contribution in [0, 0.1) is 0 Å². The van der Waals surface area contributed by atoms with E-state index >= 15 is 0 Å². The molecule has 2 atom stereocenters. The molecule has 0 unspecified atom stereocenters. The van der Waals surface area contributed by atoms with Crippen molar-refractivity contribution in [2.45, 2.75) is 51.1 Å². The Balaban J connectivity index is 0.00000133. The molecule has 3 rings (SSSR count). The SMILES string of the molecule is CCC[C@H]1CCCC2=[N+]1[C@H](c1ccccc1)CO2.[I-]. The van der Waals surface area contributed by atoms with Crippen molar-refractivity contribution in [3.05, 3.63) is 35.9 Å². The number of hydrogen-bond acceptors (Lipinski definition) is 1. The molecule has 1 aromatic rings. The lowest BCUT2D eigenvalue weighted by Gasteiger charge is -2.21. The van der Waals surface area contributed by atoms with Crippen LogP contribution >= 0.6 is 0 Å². The maximum atomic E-state index is 5.94. The van der Waals surface area contributed by atoms with Crippen molar-refractivity contribution in [1.29, 1.82) is 0 Å². The summed E-state index contributed by atoms with van der Waals surface area (Å²) in [6.07, 6.45) is 6.29. The topological polar surface area (TPSA) is 12.2 Å². The lowest BCUT2D eigenvalue weighted by molar-refractivity contribution is -0.604. The molecule has 2 nitrogen and oxygen atoms in total. The van der Waals surface area contributed by atoms with E-state index in [0.29, 0.717) is 12.1 Å². The molecule has 1 aromatic carbocycles. The lowest BCUT2D eigenvalue weighted by atomic mass is 9.97. The molecule has 0 N–H and O–H groups in total. The van der Waals surface area contributed by atoms with Gasteiger partial charge in [-0.15, -0.1) is 0 Å². The number of ether oxygens (including phenoxy) is 1. The van der Waals surface area contributed by atoms with Gasteiger partial charge in [0.25, 0.3) is 0 Å². The van der Waals surface area contributed by atoms with Gasteiger partial charge < -0.3 is 28.7 Å². The zero-order valence-corrected chi connectivity index (χ0v) is 13.7. The molecule has 104 valence electrons. The summed E-state index contributed by atoms with van der Waals surface area (Å²) < 4.78 is 8.51. The second kappa shape index (κ2) is 6.73. The highest BCUT2D eigenvalue weighted by Crippen LogP contribution is 2.31. The largest absolute Gasteiger partial charge is 1.00 e. The first-order chi connectivity index (χ1) is 8.90. The minimum Gasteiger partial charge on any atom is -1.00 e. The van der Waals surface area contributed by atoms with E-state index in [2.05, 4.69) is 41.8 Å². The summed E-state index contributed by atoms with van der Waals surface area (Å²) in [5, 5.41) is 0. The number of hydrogen-bond donors (Lipinski definition) is 0. The predicted octanol–water partition coefficient (Wildman–Crippen LogP) is 0.525. The average Bonchev–Trinajstić information content (AvgIpc) is 2.85. The molecule has 19 heavy (non-hydrogen) atoms. The van der Waals surface area contributed by atoms with Crippen molar-refractivity contribution < 1.29 is 33.3 Å². The number of halogens is 1. The van der Waals surface area contributed by atoms with Gasteiger partial charge in [0.2, 0.25) is 6.04 Å². The summed E-state index contributed by atoms with van der Waals surface area (Å²) in [6.45, 7) is 3.11. The molecule has 0 aliphatic carbocycles. The molecule has 0 fully saturated rings. The minimum absolute atomic E-state index is 0. The van der Waals surface area contributed by atoms with Crippen LogP contribution in [0.4, 0.5) is 0 Å². The van der Waals surface area contributed by atoms with Crippen molar-refractivity contribution >= 4 is 5.90 Å². The zero-order chi connectivity index (χ0) is 12.4. The Bertz CT molecular complexity index is 443. The molecular formula is C16H22INO. The Morgan fingerprint density at radius 1 is 1.26 bits per heavy atom. The van der Waals surface area contributed by atoms with E-state index in [0.717, 1.165) is 13.0 Å². The summed E-state index contributed by atoms with van der Waals surface area (Å²) in [7, 11) is 0. The van der Waals surface area contributed by atoms with Gasteiger partial charge >= 0.3 is 5.90 Å². The van der Waals surface area contributed by atoms with Crippen molar-refractivity contribution in [2.24, 2.45) is 0 Å². The fourth-order valence-electron chi connectivity index (χ4n) is 3.34. The predicted molar refractivity (Wildman–Crippen MR) is 72.9 cm³/mol. The normalized spacial score (nSPS) is 25.5. The molecule has 3 heteroatoms. The fraction of sp³-hybridized carbons (Fsp3) is 0.562. The Morgan fingerprint density at radius 3 is 2.79 bits per heavy atom. The Labute approximate surface area is 132 Å². The first-order valence-corrected chi connectivity index (χ1v) is 7.22. The van der Waals surface area contributed by atoms with E-state index in [1.165, 1.54) is 37.1 Å². The number of rotatable bonds is 3. The van der Waals surface area contributed by atoms with Gasteiger partial charge in [-0.1, -0.05) is 37.3 Å². The molecule has 0 spiro atoms. The molecule has 2 aliphatic heterocycles. The van der Waals surface area contributed by atoms with Gasteiger partial charge in [0.15, 0.2) is 12.6 Å². The standard InChI is InChI=1S/C16H22NO.HI/c1-2-7-14-10-6-11-16-17(14)15(12-18-16)13-8-4-3-5-9-13;/h3-5,8-9,14-15H,2,6-7,10-12H2,1H3;1H/q+1;/p-1/t14-,15-;/m0./s1. The molecule has 0 saturated heterocycles. The summed E-state index contributed by atoms with van der Waals surface area (Å²) in [6, 6.07) is 11.9. The Morgan fingerprint density at radius 2 is 2.05 bits per heavy atom. The van der Waals surface area contributed by atoms with Crippen LogP contribution in [0.3, 0.4) is 0 Å². The third-order valence-corrected chi connectivity index (χ3v) is 4.16. The molecule has 2 aliphatic rings. The van der Waals surface area contributed by atoms with Crippen LogP contribution in [0.1, 0.15) is 50.6 Å². The van der Waals surface area contributed by atoms with Crippen LogP contribution in [0.2, 0.25) is 0 Å². The first kappa shape index (κ1) is 14.8. The zero-order valence-electron chi connectivity index (χ0n) is 11.5. The van der Waals surface area contributed by atoms with Gasteiger partial charge in [-0.05, 0) is 12.8 Å². The summed E-state index contributed by atoms with van der Waals surface area (Å²) in [4.78, 5) is 0. The van der Waals surface area contributed by atoms with Crippen LogP contribution in [0.25, 0.3) is 0 Å². The highest BCUT2D eigenvalue weighted by Gasteiger charge is 2.42. The van der Waals surface area contributed by atoms with Crippen LogP contribution in [-0.4, -0.2) is 23.1 Å². The second-order valence-corrected chi connectivity index (χ2v) is 5.37. The smallest absolute Gasteiger partial charge is 0.337 e. The number of benzene rings is 1. The molecule has 0 amide bonds. The maximum Gasteiger partial charge on any atom is 0.337 e. The second-order valence-electron chi connectivity index (χ2n) is 5.37. The van der Waals surface area contributed by atoms with Gasteiger partial charge in [-0.2, -0.15) is 4.58 Å². The molecule has 0 aromatic heterocycles. The van der Waals surface area contributed by atoms with Crippen LogP contribution in [-0.2, 0) is 4.74 Å². The van der Waals surface area contributed by atoms with E-state index < -0.39 is 0 Å². The summed E-state index contributed by atoms with van der Waals surface area (Å²) in [5.74, 6) is 1.24. The van der Waals surface area contributed by atoms with E-state index in [1.54, 1.807) is 0 Å². The fourth-order valence-corrected chi connectivity index (χ4v) is 3.34. The lowest BCUT2D eigenvalue weighted by Crippen LogP contribution is -3.00. The molecule has 2 heterocycles. The van der Waals surface area contributed by atoms with Crippen molar-refractivity contribution in [1.82, 2.24) is 0 Å². The quantitative estimate of drug-likeness (QED) is 0.558. The molecular weight excluding hydrogens is 349 g/mol. The number of nitrogens with zero attached hydrogens (tertiary/aromatic N) is 1. The highest BCUT2D eigenvalue weighted by molar-refractivity contribution is 5.72. The van der Waals surface area contributed by atoms with E-state index in [1.807, 2.05) is 0 Å². The van der Waals surface area contributed by atoms with E-state index in [-0.39, 0.29) is 24.0 Å². The third kappa shape index (κ3) is 2.96. The first-order valence-electron chi connectivity index (χ1n) is 7.22. The Kier molecular flexibility index (Phi) is 5.25. The van der Waals surface area contributed by atoms with Gasteiger partial charge in [0.1, 0.15) is 0 Å². The Hall–Kier alpha value is -0.580. The monoisotopic (exact) mass is 371 g/mol. The van der Waals surface area contributed by atoms with Crippen LogP contribution in [0.5, 0.6) is 0 Å². The molecule has 0 radical (unpaired) electrons. The van der Waals surface area contributed by atoms with Crippen molar-refractivity contribution in [3.63, 3.8) is 0 Å². The maximum absolute atomic E-state index is 5.94. The summed E-state index contributed by atoms with van der Waals surface area (Å²) in [5.41, 5.74) is 1.40. The van der Waals surface area contributed by atoms with Gasteiger partial charge in [0.05, 0.1) is 6.42 Å². The van der Waals surface area contributed by atoms with Crippen molar-refractivity contribution in [3.8, 4) is 0 Å². The molecule has 0 bridgehead atoms. The van der Waals surface area contributed by atoms with Crippen molar-refractivity contribution in [2.75, 3.05) is 6.61 Å². The average molecular weight is 371 g/mol. The van der Waals surface area contributed by atoms with Gasteiger partial charge in [-0.3, -0.25) is 0 Å². The van der Waals surface area contributed by atoms with Gasteiger partial charge in [0, 0.05) is 18.4 Å². The summed E-state index contributed by atoms with van der Waals surface area (Å²) >= 11 is 0. The van der Waals surface area contributed by atoms with Gasteiger partial charge in [-0.25, -0.2) is 0 Å². The van der Waals surface area contributed by atoms with Crippen LogP contribution < -0.4 is 24.0 Å². The minimum atomic E-state index is 0. The third-order valence-electron chi connectivity index (χ3n) is 4.16. The van der Waals surface area contributed by atoms with E-state index in [9.17, 15) is 0 Å². The van der Waals surface area contributed by atoms with E-state index in [4.69, 9.17) is 4.74 Å².